The summed E-state index contributed by atoms with van der Waals surface area (Å²) in [6.45, 7) is 9.33. The van der Waals surface area contributed by atoms with Gasteiger partial charge in [0.2, 0.25) is 11.8 Å². The zero-order valence-electron chi connectivity index (χ0n) is 22.4. The Morgan fingerprint density at radius 1 is 1.14 bits per heavy atom. The third kappa shape index (κ3) is 10.1. The number of hydrogen-bond acceptors (Lipinski definition) is 4. The lowest BCUT2D eigenvalue weighted by atomic mass is 9.93. The Kier molecular flexibility index (Phi) is 12.5. The number of amides is 2. The Labute approximate surface area is 212 Å². The Morgan fingerprint density at radius 2 is 1.89 bits per heavy atom. The van der Waals surface area contributed by atoms with E-state index < -0.39 is 12.1 Å². The predicted molar refractivity (Wildman–Crippen MR) is 143 cm³/mol. The van der Waals surface area contributed by atoms with Gasteiger partial charge in [-0.2, -0.15) is 0 Å². The van der Waals surface area contributed by atoms with Gasteiger partial charge in [0.1, 0.15) is 6.04 Å². The number of nitrogens with one attached hydrogen (secondary N) is 2. The number of allylic oxidation sites excluding steroid dienone is 2. The molecule has 0 radical (unpaired) electrons. The maximum absolute atomic E-state index is 13.0. The van der Waals surface area contributed by atoms with Crippen molar-refractivity contribution in [1.29, 1.82) is 0 Å². The Balaban J connectivity index is 2.05. The predicted octanol–water partition coefficient (Wildman–Crippen LogP) is 4.53. The molecule has 2 amide bonds. The van der Waals surface area contributed by atoms with Crippen LogP contribution in [0.15, 0.2) is 36.4 Å². The van der Waals surface area contributed by atoms with Crippen LogP contribution in [0.25, 0.3) is 0 Å². The summed E-state index contributed by atoms with van der Waals surface area (Å²) in [5, 5.41) is 17.5. The van der Waals surface area contributed by atoms with Crippen molar-refractivity contribution in [2.45, 2.75) is 103 Å². The molecule has 6 nitrogen and oxygen atoms in total. The molecule has 1 aliphatic rings. The van der Waals surface area contributed by atoms with Crippen LogP contribution in [-0.2, 0) is 16.1 Å². The number of rotatable bonds is 6. The van der Waals surface area contributed by atoms with Crippen LogP contribution in [0.1, 0.15) is 89.7 Å². The van der Waals surface area contributed by atoms with E-state index in [-0.39, 0.29) is 17.9 Å². The van der Waals surface area contributed by atoms with Crippen molar-refractivity contribution in [3.05, 3.63) is 47.5 Å². The first-order chi connectivity index (χ1) is 16.7. The van der Waals surface area contributed by atoms with E-state index in [4.69, 9.17) is 0 Å². The number of aliphatic hydroxyl groups excluding tert-OH is 1. The molecule has 35 heavy (non-hydrogen) atoms. The minimum Gasteiger partial charge on any atom is -0.390 e. The van der Waals surface area contributed by atoms with Gasteiger partial charge in [-0.05, 0) is 68.4 Å². The summed E-state index contributed by atoms with van der Waals surface area (Å²) >= 11 is 0. The summed E-state index contributed by atoms with van der Waals surface area (Å²) in [6, 6.07) is 7.53. The Bertz CT molecular complexity index is 823. The molecule has 0 unspecified atom stereocenters. The van der Waals surface area contributed by atoms with E-state index in [1.165, 1.54) is 16.0 Å². The van der Waals surface area contributed by atoms with Gasteiger partial charge in [0, 0.05) is 26.6 Å². The molecule has 1 heterocycles. The normalized spacial score (nSPS) is 25.3. The Hall–Kier alpha value is -2.18. The summed E-state index contributed by atoms with van der Waals surface area (Å²) in [5.41, 5.74) is 2.48. The molecule has 0 fully saturated rings. The van der Waals surface area contributed by atoms with Crippen molar-refractivity contribution in [3.8, 4) is 0 Å². The quantitative estimate of drug-likeness (QED) is 0.517. The fourth-order valence-corrected chi connectivity index (χ4v) is 4.46. The molecule has 0 aromatic heterocycles. The van der Waals surface area contributed by atoms with Crippen molar-refractivity contribution in [2.24, 2.45) is 5.92 Å². The highest BCUT2D eigenvalue weighted by Gasteiger charge is 2.28. The van der Waals surface area contributed by atoms with Crippen LogP contribution >= 0.6 is 0 Å². The monoisotopic (exact) mass is 485 g/mol. The standard InChI is InChI=1S/C29H47N3O3/c1-21(2)25-15-12-14-24(18-25)19-30-20-27(33)26-17-22(3)13-10-8-6-7-9-11-16-28(34)32(5)23(4)29(35)31-26/h6,8,12,14-15,18,21-23,26-27,30,33H,7,9-11,13,16-17,19-20H2,1-5H3,(H,31,35)/b8-6+/t22-,23+,26+,27-/m1/s1. The molecule has 0 aliphatic carbocycles. The van der Waals surface area contributed by atoms with E-state index in [0.29, 0.717) is 37.8 Å². The maximum atomic E-state index is 13.0. The zero-order chi connectivity index (χ0) is 25.8. The fraction of sp³-hybridized carbons (Fsp3) is 0.655. The number of aliphatic hydroxyl groups is 1. The maximum Gasteiger partial charge on any atom is 0.242 e. The van der Waals surface area contributed by atoms with Gasteiger partial charge < -0.3 is 20.6 Å². The summed E-state index contributed by atoms with van der Waals surface area (Å²) < 4.78 is 0. The summed E-state index contributed by atoms with van der Waals surface area (Å²) in [4.78, 5) is 27.1. The number of nitrogens with zero attached hydrogens (tertiary/aromatic N) is 1. The van der Waals surface area contributed by atoms with Crippen LogP contribution in [0.2, 0.25) is 0 Å². The van der Waals surface area contributed by atoms with Crippen molar-refractivity contribution in [1.82, 2.24) is 15.5 Å². The van der Waals surface area contributed by atoms with Crippen molar-refractivity contribution >= 4 is 11.8 Å². The van der Waals surface area contributed by atoms with Gasteiger partial charge in [-0.15, -0.1) is 0 Å². The molecule has 0 spiro atoms. The van der Waals surface area contributed by atoms with E-state index in [2.05, 4.69) is 67.8 Å². The molecule has 1 aliphatic heterocycles. The van der Waals surface area contributed by atoms with Crippen LogP contribution < -0.4 is 10.6 Å². The molecule has 0 saturated heterocycles. The third-order valence-electron chi connectivity index (χ3n) is 7.11. The first-order valence-corrected chi connectivity index (χ1v) is 13.4. The van der Waals surface area contributed by atoms with Crippen molar-refractivity contribution < 1.29 is 14.7 Å². The van der Waals surface area contributed by atoms with Gasteiger partial charge >= 0.3 is 0 Å². The first-order valence-electron chi connectivity index (χ1n) is 13.4. The second kappa shape index (κ2) is 15.0. The average Bonchev–Trinajstić information content (AvgIpc) is 2.83. The second-order valence-corrected chi connectivity index (χ2v) is 10.5. The fourth-order valence-electron chi connectivity index (χ4n) is 4.46. The smallest absolute Gasteiger partial charge is 0.242 e. The zero-order valence-corrected chi connectivity index (χ0v) is 22.4. The van der Waals surface area contributed by atoms with Crippen molar-refractivity contribution in [3.63, 3.8) is 0 Å². The second-order valence-electron chi connectivity index (χ2n) is 10.5. The van der Waals surface area contributed by atoms with E-state index in [0.717, 1.165) is 32.1 Å². The highest BCUT2D eigenvalue weighted by Crippen LogP contribution is 2.18. The largest absolute Gasteiger partial charge is 0.390 e. The molecule has 196 valence electrons. The number of benzene rings is 1. The highest BCUT2D eigenvalue weighted by molar-refractivity contribution is 5.87. The van der Waals surface area contributed by atoms with E-state index in [1.54, 1.807) is 14.0 Å². The van der Waals surface area contributed by atoms with Gasteiger partial charge in [-0.3, -0.25) is 9.59 Å². The first kappa shape index (κ1) is 29.1. The van der Waals surface area contributed by atoms with Gasteiger partial charge in [-0.1, -0.05) is 57.2 Å². The minimum atomic E-state index is -0.725. The lowest BCUT2D eigenvalue weighted by Crippen LogP contribution is -2.53. The third-order valence-corrected chi connectivity index (χ3v) is 7.11. The van der Waals surface area contributed by atoms with Crippen LogP contribution in [0.5, 0.6) is 0 Å². The topological polar surface area (TPSA) is 81.7 Å². The number of hydrogen-bond donors (Lipinski definition) is 3. The molecule has 6 heteroatoms. The van der Waals surface area contributed by atoms with E-state index in [9.17, 15) is 14.7 Å². The number of likely N-dealkylation sites (N-methyl/N-ethyl adjacent to an activating group) is 1. The molecule has 1 aromatic rings. The highest BCUT2D eigenvalue weighted by atomic mass is 16.3. The Morgan fingerprint density at radius 3 is 2.63 bits per heavy atom. The summed E-state index contributed by atoms with van der Waals surface area (Å²) in [5.74, 6) is 0.593. The number of carbonyl (C=O) groups is 2. The number of carbonyl (C=O) groups excluding carboxylic acids is 2. The van der Waals surface area contributed by atoms with Crippen LogP contribution in [0, 0.1) is 5.92 Å². The molecule has 3 N–H and O–H groups in total. The molecule has 4 atom stereocenters. The summed E-state index contributed by atoms with van der Waals surface area (Å²) in [6.07, 6.45) is 9.63. The molecule has 1 aromatic carbocycles. The van der Waals surface area contributed by atoms with E-state index in [1.807, 2.05) is 0 Å². The average molecular weight is 486 g/mol. The van der Waals surface area contributed by atoms with Gasteiger partial charge in [-0.25, -0.2) is 0 Å². The van der Waals surface area contributed by atoms with Crippen LogP contribution in [-0.4, -0.2) is 53.6 Å². The lowest BCUT2D eigenvalue weighted by molar-refractivity contribution is -0.139. The molecular weight excluding hydrogens is 438 g/mol. The molecule has 0 saturated carbocycles. The molecule has 0 bridgehead atoms. The van der Waals surface area contributed by atoms with Gasteiger partial charge in [0.25, 0.3) is 0 Å². The molecular formula is C29H47N3O3. The SMILES string of the molecule is CC(C)c1cccc(CNC[C@@H](O)[C@@H]2C[C@H](C)CC/C=C/CCCCC(=O)N(C)[C@@H](C)C(=O)N2)c1. The molecule has 2 rings (SSSR count). The van der Waals surface area contributed by atoms with Gasteiger partial charge in [0.15, 0.2) is 0 Å². The summed E-state index contributed by atoms with van der Waals surface area (Å²) in [7, 11) is 1.69. The minimum absolute atomic E-state index is 0.0144. The van der Waals surface area contributed by atoms with Crippen molar-refractivity contribution in [2.75, 3.05) is 13.6 Å². The van der Waals surface area contributed by atoms with E-state index >= 15 is 0 Å². The van der Waals surface area contributed by atoms with Crippen LogP contribution in [0.3, 0.4) is 0 Å². The van der Waals surface area contributed by atoms with Gasteiger partial charge in [0.05, 0.1) is 12.1 Å². The van der Waals surface area contributed by atoms with Crippen LogP contribution in [0.4, 0.5) is 0 Å². The lowest BCUT2D eigenvalue weighted by Gasteiger charge is -2.31.